The van der Waals surface area contributed by atoms with Crippen molar-refractivity contribution in [3.63, 3.8) is 0 Å². The number of hydrogen-bond donors (Lipinski definition) is 1. The quantitative estimate of drug-likeness (QED) is 0.830. The number of nitrogens with zero attached hydrogens (tertiary/aromatic N) is 3. The lowest BCUT2D eigenvalue weighted by Gasteiger charge is -2.28. The summed E-state index contributed by atoms with van der Waals surface area (Å²) in [7, 11) is 1.93. The van der Waals surface area contributed by atoms with E-state index in [1.807, 2.05) is 7.05 Å². The van der Waals surface area contributed by atoms with Crippen molar-refractivity contribution in [2.24, 2.45) is 0 Å². The van der Waals surface area contributed by atoms with Crippen molar-refractivity contribution in [2.75, 3.05) is 33.2 Å². The molecule has 96 valence electrons. The molecular formula is C12H22N4O. The molecule has 1 aliphatic heterocycles. The van der Waals surface area contributed by atoms with Crippen molar-refractivity contribution in [3.8, 4) is 0 Å². The molecular weight excluding hydrogens is 216 g/mol. The van der Waals surface area contributed by atoms with Crippen molar-refractivity contribution < 1.29 is 4.52 Å². The van der Waals surface area contributed by atoms with E-state index in [0.717, 1.165) is 57.2 Å². The van der Waals surface area contributed by atoms with Gasteiger partial charge in [0, 0.05) is 18.9 Å². The highest BCUT2D eigenvalue weighted by atomic mass is 16.5. The number of likely N-dealkylation sites (N-methyl/N-ethyl adjacent to an activating group) is 1. The second kappa shape index (κ2) is 6.12. The smallest absolute Gasteiger partial charge is 0.229 e. The van der Waals surface area contributed by atoms with E-state index in [2.05, 4.69) is 27.3 Å². The highest BCUT2D eigenvalue weighted by Crippen LogP contribution is 2.26. The van der Waals surface area contributed by atoms with Gasteiger partial charge in [-0.05, 0) is 39.5 Å². The van der Waals surface area contributed by atoms with Gasteiger partial charge < -0.3 is 14.7 Å². The van der Waals surface area contributed by atoms with Gasteiger partial charge in [0.2, 0.25) is 5.89 Å². The molecule has 5 nitrogen and oxygen atoms in total. The van der Waals surface area contributed by atoms with Crippen LogP contribution in [0.15, 0.2) is 4.52 Å². The molecule has 2 rings (SSSR count). The minimum atomic E-state index is 0.466. The Morgan fingerprint density at radius 1 is 1.41 bits per heavy atom. The molecule has 0 radical (unpaired) electrons. The van der Waals surface area contributed by atoms with E-state index < -0.39 is 0 Å². The summed E-state index contributed by atoms with van der Waals surface area (Å²) in [6.07, 6.45) is 3.12. The molecule has 0 bridgehead atoms. The zero-order valence-electron chi connectivity index (χ0n) is 10.8. The molecule has 0 atom stereocenters. The van der Waals surface area contributed by atoms with Crippen LogP contribution in [0.4, 0.5) is 0 Å². The Kier molecular flexibility index (Phi) is 4.50. The van der Waals surface area contributed by atoms with Crippen molar-refractivity contribution in [1.29, 1.82) is 0 Å². The molecule has 1 saturated heterocycles. The third kappa shape index (κ3) is 3.26. The van der Waals surface area contributed by atoms with Gasteiger partial charge in [-0.3, -0.25) is 0 Å². The lowest BCUT2D eigenvalue weighted by atomic mass is 9.97. The summed E-state index contributed by atoms with van der Waals surface area (Å²) < 4.78 is 5.36. The van der Waals surface area contributed by atoms with Crippen LogP contribution in [-0.4, -0.2) is 48.3 Å². The van der Waals surface area contributed by atoms with Gasteiger partial charge in [-0.2, -0.15) is 4.98 Å². The highest BCUT2D eigenvalue weighted by Gasteiger charge is 2.24. The average molecular weight is 238 g/mol. The molecule has 2 heterocycles. The van der Waals surface area contributed by atoms with Crippen molar-refractivity contribution in [1.82, 2.24) is 20.4 Å². The third-order valence-electron chi connectivity index (χ3n) is 3.47. The Hall–Kier alpha value is -0.940. The van der Waals surface area contributed by atoms with Gasteiger partial charge in [0.25, 0.3) is 0 Å². The molecule has 0 saturated carbocycles. The lowest BCUT2D eigenvalue weighted by molar-refractivity contribution is 0.202. The number of rotatable bonds is 5. The minimum Gasteiger partial charge on any atom is -0.339 e. The first-order chi connectivity index (χ1) is 8.33. The van der Waals surface area contributed by atoms with Crippen LogP contribution in [0.1, 0.15) is 37.4 Å². The van der Waals surface area contributed by atoms with E-state index in [0.29, 0.717) is 5.92 Å². The van der Waals surface area contributed by atoms with Gasteiger partial charge in [-0.25, -0.2) is 0 Å². The van der Waals surface area contributed by atoms with E-state index in [9.17, 15) is 0 Å². The summed E-state index contributed by atoms with van der Waals surface area (Å²) in [5.41, 5.74) is 0. The zero-order valence-corrected chi connectivity index (χ0v) is 10.8. The largest absolute Gasteiger partial charge is 0.339 e. The number of hydrogen-bond acceptors (Lipinski definition) is 5. The van der Waals surface area contributed by atoms with Crippen LogP contribution in [-0.2, 0) is 6.42 Å². The normalized spacial score (nSPS) is 18.7. The first kappa shape index (κ1) is 12.5. The van der Waals surface area contributed by atoms with Crippen LogP contribution in [0.3, 0.4) is 0 Å². The fourth-order valence-corrected chi connectivity index (χ4v) is 2.27. The maximum atomic E-state index is 5.36. The Bertz CT molecular complexity index is 331. The Balaban J connectivity index is 1.87. The van der Waals surface area contributed by atoms with Gasteiger partial charge in [0.1, 0.15) is 0 Å². The maximum absolute atomic E-state index is 5.36. The number of aromatic nitrogens is 2. The summed E-state index contributed by atoms with van der Waals surface area (Å²) in [4.78, 5) is 6.95. The summed E-state index contributed by atoms with van der Waals surface area (Å²) in [5.74, 6) is 2.13. The molecule has 0 aromatic carbocycles. The molecule has 1 aromatic heterocycles. The first-order valence-corrected chi connectivity index (χ1v) is 6.53. The van der Waals surface area contributed by atoms with Crippen LogP contribution in [0, 0.1) is 0 Å². The standard InChI is InChI=1S/C12H22N4O/c1-3-16-8-5-10(6-9-16)12-14-11(15-17-12)4-7-13-2/h10,13H,3-9H2,1-2H3. The summed E-state index contributed by atoms with van der Waals surface area (Å²) in [5, 5.41) is 7.12. The fraction of sp³-hybridized carbons (Fsp3) is 0.833. The van der Waals surface area contributed by atoms with Gasteiger partial charge in [0.15, 0.2) is 5.82 Å². The fourth-order valence-electron chi connectivity index (χ4n) is 2.27. The molecule has 0 amide bonds. The van der Waals surface area contributed by atoms with E-state index >= 15 is 0 Å². The van der Waals surface area contributed by atoms with E-state index in [-0.39, 0.29) is 0 Å². The van der Waals surface area contributed by atoms with Gasteiger partial charge in [-0.1, -0.05) is 12.1 Å². The highest BCUT2D eigenvalue weighted by molar-refractivity contribution is 4.96. The molecule has 1 aromatic rings. The Morgan fingerprint density at radius 2 is 2.18 bits per heavy atom. The average Bonchev–Trinajstić information content (AvgIpc) is 2.85. The molecule has 5 heteroatoms. The van der Waals surface area contributed by atoms with Gasteiger partial charge in [-0.15, -0.1) is 0 Å². The van der Waals surface area contributed by atoms with E-state index in [1.165, 1.54) is 0 Å². The Labute approximate surface area is 103 Å². The van der Waals surface area contributed by atoms with Gasteiger partial charge >= 0.3 is 0 Å². The van der Waals surface area contributed by atoms with Crippen LogP contribution < -0.4 is 5.32 Å². The van der Waals surface area contributed by atoms with Gasteiger partial charge in [0.05, 0.1) is 0 Å². The maximum Gasteiger partial charge on any atom is 0.229 e. The van der Waals surface area contributed by atoms with E-state index in [4.69, 9.17) is 4.52 Å². The van der Waals surface area contributed by atoms with Crippen LogP contribution in [0.2, 0.25) is 0 Å². The third-order valence-corrected chi connectivity index (χ3v) is 3.47. The minimum absolute atomic E-state index is 0.466. The second-order valence-electron chi connectivity index (χ2n) is 4.61. The molecule has 0 unspecified atom stereocenters. The summed E-state index contributed by atoms with van der Waals surface area (Å²) in [6, 6.07) is 0. The molecule has 0 spiro atoms. The van der Waals surface area contributed by atoms with Crippen LogP contribution in [0.5, 0.6) is 0 Å². The Morgan fingerprint density at radius 3 is 2.82 bits per heavy atom. The number of likely N-dealkylation sites (tertiary alicyclic amines) is 1. The van der Waals surface area contributed by atoms with Crippen molar-refractivity contribution >= 4 is 0 Å². The number of piperidine rings is 1. The lowest BCUT2D eigenvalue weighted by Crippen LogP contribution is -2.32. The molecule has 17 heavy (non-hydrogen) atoms. The van der Waals surface area contributed by atoms with Crippen molar-refractivity contribution in [3.05, 3.63) is 11.7 Å². The van der Waals surface area contributed by atoms with Crippen LogP contribution >= 0.6 is 0 Å². The first-order valence-electron chi connectivity index (χ1n) is 6.53. The summed E-state index contributed by atoms with van der Waals surface area (Å²) in [6.45, 7) is 6.55. The topological polar surface area (TPSA) is 54.2 Å². The molecule has 1 N–H and O–H groups in total. The molecule has 1 fully saturated rings. The van der Waals surface area contributed by atoms with E-state index in [1.54, 1.807) is 0 Å². The summed E-state index contributed by atoms with van der Waals surface area (Å²) >= 11 is 0. The molecule has 1 aliphatic rings. The SMILES string of the molecule is CCN1CCC(c2nc(CCNC)no2)CC1. The predicted molar refractivity (Wildman–Crippen MR) is 66.0 cm³/mol. The monoisotopic (exact) mass is 238 g/mol. The predicted octanol–water partition coefficient (Wildman–Crippen LogP) is 1.03. The number of nitrogens with one attached hydrogen (secondary N) is 1. The van der Waals surface area contributed by atoms with Crippen LogP contribution in [0.25, 0.3) is 0 Å². The zero-order chi connectivity index (χ0) is 12.1. The molecule has 0 aliphatic carbocycles. The second-order valence-corrected chi connectivity index (χ2v) is 4.61. The van der Waals surface area contributed by atoms with Crippen molar-refractivity contribution in [2.45, 2.75) is 32.1 Å².